The molecule has 2 aliphatic rings. The van der Waals surface area contributed by atoms with E-state index < -0.39 is 4.92 Å². The van der Waals surface area contributed by atoms with E-state index in [-0.39, 0.29) is 36.4 Å². The van der Waals surface area contributed by atoms with Crippen molar-refractivity contribution in [2.24, 2.45) is 0 Å². The third-order valence-corrected chi connectivity index (χ3v) is 6.75. The zero-order chi connectivity index (χ0) is 23.8. The summed E-state index contributed by atoms with van der Waals surface area (Å²) in [4.78, 5) is 49.4. The maximum atomic E-state index is 12.8. The number of fused-ring (bicyclic) bond motifs is 2. The molecule has 5 rings (SSSR count). The summed E-state index contributed by atoms with van der Waals surface area (Å²) in [5, 5.41) is 18.5. The minimum absolute atomic E-state index is 0.0299. The van der Waals surface area contributed by atoms with Gasteiger partial charge in [0.05, 0.1) is 27.4 Å². The van der Waals surface area contributed by atoms with Gasteiger partial charge in [-0.25, -0.2) is 4.68 Å². The quantitative estimate of drug-likeness (QED) is 0.313. The predicted molar refractivity (Wildman–Crippen MR) is 125 cm³/mol. The van der Waals surface area contributed by atoms with Crippen molar-refractivity contribution < 1.29 is 19.3 Å². The summed E-state index contributed by atoms with van der Waals surface area (Å²) < 4.78 is 1.59. The average Bonchev–Trinajstić information content (AvgIpc) is 3.49. The lowest BCUT2D eigenvalue weighted by Gasteiger charge is -2.14. The summed E-state index contributed by atoms with van der Waals surface area (Å²) >= 11 is 1.69. The molecule has 0 fully saturated rings. The molecule has 1 aromatic heterocycles. The fraction of sp³-hybridized carbons (Fsp3) is 0.217. The Kier molecular flexibility index (Phi) is 5.62. The first-order valence-electron chi connectivity index (χ1n) is 10.6. The van der Waals surface area contributed by atoms with Crippen LogP contribution in [0.5, 0.6) is 0 Å². The number of amides is 3. The average molecular weight is 478 g/mol. The molecule has 11 heteroatoms. The summed E-state index contributed by atoms with van der Waals surface area (Å²) in [6, 6.07) is 12.6. The molecule has 3 aromatic rings. The summed E-state index contributed by atoms with van der Waals surface area (Å²) in [5.74, 6) is 1.02. The number of benzene rings is 2. The predicted octanol–water partition coefficient (Wildman–Crippen LogP) is 3.54. The largest absolute Gasteiger partial charge is 0.310 e. The third kappa shape index (κ3) is 3.83. The van der Waals surface area contributed by atoms with Crippen LogP contribution in [0, 0.1) is 10.1 Å². The van der Waals surface area contributed by atoms with Gasteiger partial charge in [-0.2, -0.15) is 16.9 Å². The van der Waals surface area contributed by atoms with Crippen LogP contribution >= 0.6 is 11.8 Å². The molecular formula is C23H19N5O5S. The molecule has 0 unspecified atom stereocenters. The van der Waals surface area contributed by atoms with E-state index >= 15 is 0 Å². The van der Waals surface area contributed by atoms with Crippen molar-refractivity contribution in [2.45, 2.75) is 24.3 Å². The van der Waals surface area contributed by atoms with Crippen LogP contribution < -0.4 is 5.32 Å². The highest BCUT2D eigenvalue weighted by Gasteiger charge is 2.34. The summed E-state index contributed by atoms with van der Waals surface area (Å²) in [6.45, 7) is 0.148. The highest BCUT2D eigenvalue weighted by Crippen LogP contribution is 2.36. The Labute approximate surface area is 198 Å². The standard InChI is InChI=1S/C23H19N5O5S/c29-20(6-3-11-26-22(30)16-4-1-2-5-17(16)23(26)31)24-21-18-12-34-13-19(18)25-27(21)14-7-9-15(10-8-14)28(32)33/h1-2,4-5,7-10H,3,6,11-13H2,(H,24,29). The Hall–Kier alpha value is -3.99. The van der Waals surface area contributed by atoms with Crippen molar-refractivity contribution in [3.8, 4) is 5.69 Å². The first kappa shape index (κ1) is 21.8. The monoisotopic (exact) mass is 477 g/mol. The molecule has 1 N–H and O–H groups in total. The highest BCUT2D eigenvalue weighted by atomic mass is 32.2. The highest BCUT2D eigenvalue weighted by molar-refractivity contribution is 7.98. The Morgan fingerprint density at radius 1 is 1.06 bits per heavy atom. The number of hydrogen-bond donors (Lipinski definition) is 1. The Balaban J connectivity index is 1.27. The van der Waals surface area contributed by atoms with Gasteiger partial charge in [0, 0.05) is 42.2 Å². The van der Waals surface area contributed by atoms with E-state index in [0.29, 0.717) is 34.8 Å². The molecule has 2 aromatic carbocycles. The fourth-order valence-electron chi connectivity index (χ4n) is 4.08. The molecule has 0 aliphatic carbocycles. The van der Waals surface area contributed by atoms with Crippen LogP contribution in [0.15, 0.2) is 48.5 Å². The van der Waals surface area contributed by atoms with Gasteiger partial charge in [0.25, 0.3) is 17.5 Å². The van der Waals surface area contributed by atoms with Crippen molar-refractivity contribution >= 4 is 41.0 Å². The van der Waals surface area contributed by atoms with Gasteiger partial charge in [-0.1, -0.05) is 12.1 Å². The second-order valence-corrected chi connectivity index (χ2v) is 8.90. The normalized spacial score (nSPS) is 14.3. The van der Waals surface area contributed by atoms with Crippen LogP contribution in [-0.2, 0) is 16.3 Å². The van der Waals surface area contributed by atoms with E-state index in [1.165, 1.54) is 17.0 Å². The maximum Gasteiger partial charge on any atom is 0.269 e. The number of aromatic nitrogens is 2. The molecule has 0 saturated carbocycles. The van der Waals surface area contributed by atoms with Crippen molar-refractivity contribution in [3.63, 3.8) is 0 Å². The number of imide groups is 1. The van der Waals surface area contributed by atoms with E-state index in [1.54, 1.807) is 52.8 Å². The second-order valence-electron chi connectivity index (χ2n) is 7.91. The molecule has 172 valence electrons. The van der Waals surface area contributed by atoms with Gasteiger partial charge in [-0.05, 0) is 30.7 Å². The van der Waals surface area contributed by atoms with Crippen molar-refractivity contribution in [1.82, 2.24) is 14.7 Å². The van der Waals surface area contributed by atoms with E-state index in [4.69, 9.17) is 0 Å². The summed E-state index contributed by atoms with van der Waals surface area (Å²) in [6.07, 6.45) is 0.431. The number of hydrogen-bond acceptors (Lipinski definition) is 7. The molecular weight excluding hydrogens is 458 g/mol. The summed E-state index contributed by atoms with van der Waals surface area (Å²) in [5.41, 5.74) is 3.14. The topological polar surface area (TPSA) is 127 Å². The number of rotatable bonds is 7. The van der Waals surface area contributed by atoms with E-state index in [1.807, 2.05) is 0 Å². The second kappa shape index (κ2) is 8.75. The van der Waals surface area contributed by atoms with Crippen molar-refractivity contribution in [1.29, 1.82) is 0 Å². The van der Waals surface area contributed by atoms with Gasteiger partial charge in [0.1, 0.15) is 5.82 Å². The fourth-order valence-corrected chi connectivity index (χ4v) is 5.11. The van der Waals surface area contributed by atoms with Gasteiger partial charge in [-0.15, -0.1) is 0 Å². The van der Waals surface area contributed by atoms with E-state index in [2.05, 4.69) is 10.4 Å². The minimum Gasteiger partial charge on any atom is -0.310 e. The maximum absolute atomic E-state index is 12.8. The number of nitro benzene ring substituents is 1. The Morgan fingerprint density at radius 2 is 1.74 bits per heavy atom. The van der Waals surface area contributed by atoms with Crippen LogP contribution in [0.25, 0.3) is 5.69 Å². The number of non-ortho nitro benzene ring substituents is 1. The van der Waals surface area contributed by atoms with Gasteiger partial charge in [-0.3, -0.25) is 29.4 Å². The molecule has 0 saturated heterocycles. The molecule has 0 spiro atoms. The molecule has 3 amide bonds. The Bertz CT molecular complexity index is 1300. The number of carbonyl (C=O) groups excluding carboxylic acids is 3. The molecule has 0 radical (unpaired) electrons. The molecule has 0 bridgehead atoms. The number of nitro groups is 1. The van der Waals surface area contributed by atoms with Gasteiger partial charge < -0.3 is 5.32 Å². The lowest BCUT2D eigenvalue weighted by atomic mass is 10.1. The Morgan fingerprint density at radius 3 is 2.38 bits per heavy atom. The van der Waals surface area contributed by atoms with E-state index in [0.717, 1.165) is 17.0 Å². The van der Waals surface area contributed by atoms with Gasteiger partial charge in [0.15, 0.2) is 0 Å². The SMILES string of the molecule is O=C(CCCN1C(=O)c2ccccc2C1=O)Nc1c2c(nn1-c1ccc([N+](=O)[O-])cc1)CSC2. The van der Waals surface area contributed by atoms with Crippen LogP contribution in [-0.4, -0.2) is 43.9 Å². The first-order valence-corrected chi connectivity index (χ1v) is 11.8. The lowest BCUT2D eigenvalue weighted by Crippen LogP contribution is -2.31. The zero-order valence-corrected chi connectivity index (χ0v) is 18.7. The van der Waals surface area contributed by atoms with Crippen LogP contribution in [0.1, 0.15) is 44.8 Å². The van der Waals surface area contributed by atoms with Crippen LogP contribution in [0.3, 0.4) is 0 Å². The number of anilines is 1. The molecule has 3 heterocycles. The summed E-state index contributed by atoms with van der Waals surface area (Å²) in [7, 11) is 0. The van der Waals surface area contributed by atoms with Crippen molar-refractivity contribution in [3.05, 3.63) is 81.0 Å². The number of carbonyl (C=O) groups is 3. The zero-order valence-electron chi connectivity index (χ0n) is 17.9. The number of nitrogens with one attached hydrogen (secondary N) is 1. The van der Waals surface area contributed by atoms with Gasteiger partial charge in [0.2, 0.25) is 5.91 Å². The first-order chi connectivity index (χ1) is 16.4. The van der Waals surface area contributed by atoms with Gasteiger partial charge >= 0.3 is 0 Å². The number of thioether (sulfide) groups is 1. The molecule has 2 aliphatic heterocycles. The smallest absolute Gasteiger partial charge is 0.269 e. The molecule has 34 heavy (non-hydrogen) atoms. The van der Waals surface area contributed by atoms with Crippen molar-refractivity contribution in [2.75, 3.05) is 11.9 Å². The minimum atomic E-state index is -0.472. The van der Waals surface area contributed by atoms with E-state index in [9.17, 15) is 24.5 Å². The van der Waals surface area contributed by atoms with Crippen LogP contribution in [0.2, 0.25) is 0 Å². The molecule has 0 atom stereocenters. The lowest BCUT2D eigenvalue weighted by molar-refractivity contribution is -0.384. The van der Waals surface area contributed by atoms with Crippen LogP contribution in [0.4, 0.5) is 11.5 Å². The third-order valence-electron chi connectivity index (χ3n) is 5.78. The molecule has 10 nitrogen and oxygen atoms in total. The number of nitrogens with zero attached hydrogens (tertiary/aromatic N) is 4.